The van der Waals surface area contributed by atoms with E-state index in [4.69, 9.17) is 18.5 Å². The van der Waals surface area contributed by atoms with Crippen molar-refractivity contribution in [2.45, 2.75) is 258 Å². The summed E-state index contributed by atoms with van der Waals surface area (Å²) < 4.78 is 34.5. The largest absolute Gasteiger partial charge is 0.472 e. The standard InChI is InChI=1S/C57H106NO8P/c1-6-8-10-12-14-16-18-20-22-24-25-26-27-28-29-30-31-32-33-34-36-38-40-42-44-46-48-50-57(60)66-55(54-65-67(61,62)64-52-51-58(3,4)5)53-63-56(59)49-47-45-43-41-39-37-35-23-21-19-17-15-13-11-9-7-2/h17-20,23-25,35,55H,6-16,21-22,26-34,36-54H2,1-5H3/p+1/b19-17-,20-18-,25-24-,35-23-. The van der Waals surface area contributed by atoms with Crippen molar-refractivity contribution < 1.29 is 42.1 Å². The number of phosphoric acid groups is 1. The molecule has 2 atom stereocenters. The summed E-state index contributed by atoms with van der Waals surface area (Å²) in [4.78, 5) is 35.6. The Morgan fingerprint density at radius 1 is 0.463 bits per heavy atom. The predicted molar refractivity (Wildman–Crippen MR) is 284 cm³/mol. The number of quaternary nitrogens is 1. The van der Waals surface area contributed by atoms with E-state index in [9.17, 15) is 19.0 Å². The van der Waals surface area contributed by atoms with E-state index in [-0.39, 0.29) is 32.0 Å². The SMILES string of the molecule is CCCCCC/C=C\C/C=C\CCCCCCCC(=O)OCC(COP(=O)(O)OCC[N+](C)(C)C)OC(=O)CCCCCCCCCCCCCCCCC/C=C\C/C=C\CCCCCCC. The zero-order valence-corrected chi connectivity index (χ0v) is 45.3. The quantitative estimate of drug-likeness (QED) is 0.0211. The third kappa shape index (κ3) is 53.2. The third-order valence-electron chi connectivity index (χ3n) is 12.1. The maximum absolute atomic E-state index is 12.8. The number of unbranched alkanes of at least 4 members (excludes halogenated alkanes) is 29. The van der Waals surface area contributed by atoms with Gasteiger partial charge in [0.2, 0.25) is 0 Å². The number of allylic oxidation sites excluding steroid dienone is 8. The van der Waals surface area contributed by atoms with Gasteiger partial charge in [0.15, 0.2) is 6.10 Å². The Kier molecular flexibility index (Phi) is 47.5. The summed E-state index contributed by atoms with van der Waals surface area (Å²) >= 11 is 0. The molecule has 0 aliphatic carbocycles. The number of likely N-dealkylation sites (N-methyl/N-ethyl adjacent to an activating group) is 1. The molecule has 1 N–H and O–H groups in total. The molecule has 0 saturated heterocycles. The van der Waals surface area contributed by atoms with Crippen LogP contribution in [0.15, 0.2) is 48.6 Å². The Bertz CT molecular complexity index is 1270. The molecule has 392 valence electrons. The van der Waals surface area contributed by atoms with Crippen LogP contribution in [0, 0.1) is 0 Å². The van der Waals surface area contributed by atoms with E-state index in [1.807, 2.05) is 21.1 Å². The smallest absolute Gasteiger partial charge is 0.462 e. The molecule has 0 amide bonds. The van der Waals surface area contributed by atoms with Crippen LogP contribution in [-0.2, 0) is 32.7 Å². The predicted octanol–water partition coefficient (Wildman–Crippen LogP) is 17.0. The first-order valence-electron chi connectivity index (χ1n) is 27.9. The lowest BCUT2D eigenvalue weighted by atomic mass is 10.0. The number of hydrogen-bond donors (Lipinski definition) is 1. The minimum Gasteiger partial charge on any atom is -0.462 e. The van der Waals surface area contributed by atoms with Crippen LogP contribution in [0.4, 0.5) is 0 Å². The zero-order chi connectivity index (χ0) is 49.2. The molecule has 67 heavy (non-hydrogen) atoms. The maximum Gasteiger partial charge on any atom is 0.472 e. The van der Waals surface area contributed by atoms with Gasteiger partial charge in [-0.3, -0.25) is 18.6 Å². The lowest BCUT2D eigenvalue weighted by Gasteiger charge is -2.24. The minimum absolute atomic E-state index is 0.0291. The summed E-state index contributed by atoms with van der Waals surface area (Å²) in [6, 6.07) is 0. The van der Waals surface area contributed by atoms with E-state index in [1.165, 1.54) is 154 Å². The van der Waals surface area contributed by atoms with Crippen LogP contribution in [0.1, 0.15) is 251 Å². The highest BCUT2D eigenvalue weighted by atomic mass is 31.2. The van der Waals surface area contributed by atoms with Gasteiger partial charge in [0.25, 0.3) is 0 Å². The van der Waals surface area contributed by atoms with Crippen molar-refractivity contribution in [1.82, 2.24) is 0 Å². The van der Waals surface area contributed by atoms with Crippen molar-refractivity contribution in [3.8, 4) is 0 Å². The summed E-state index contributed by atoms with van der Waals surface area (Å²) in [6.07, 6.45) is 60.3. The summed E-state index contributed by atoms with van der Waals surface area (Å²) in [5.41, 5.74) is 0. The van der Waals surface area contributed by atoms with Crippen molar-refractivity contribution in [2.75, 3.05) is 47.5 Å². The Morgan fingerprint density at radius 2 is 0.806 bits per heavy atom. The van der Waals surface area contributed by atoms with E-state index in [1.54, 1.807) is 0 Å². The molecule has 0 aromatic carbocycles. The van der Waals surface area contributed by atoms with Gasteiger partial charge in [0, 0.05) is 12.8 Å². The number of carbonyl (C=O) groups is 2. The van der Waals surface area contributed by atoms with E-state index in [2.05, 4.69) is 62.5 Å². The van der Waals surface area contributed by atoms with Crippen LogP contribution in [0.5, 0.6) is 0 Å². The van der Waals surface area contributed by atoms with E-state index in [0.29, 0.717) is 17.4 Å². The number of esters is 2. The van der Waals surface area contributed by atoms with E-state index in [0.717, 1.165) is 64.2 Å². The molecule has 0 radical (unpaired) electrons. The van der Waals surface area contributed by atoms with Crippen molar-refractivity contribution in [2.24, 2.45) is 0 Å². The van der Waals surface area contributed by atoms with Crippen LogP contribution in [0.3, 0.4) is 0 Å². The number of nitrogens with zero attached hydrogens (tertiary/aromatic N) is 1. The summed E-state index contributed by atoms with van der Waals surface area (Å²) in [7, 11) is 1.47. The molecule has 0 saturated carbocycles. The Labute approximate surface area is 414 Å². The molecular formula is C57H107NO8P+. The van der Waals surface area contributed by atoms with Gasteiger partial charge in [-0.15, -0.1) is 0 Å². The van der Waals surface area contributed by atoms with E-state index >= 15 is 0 Å². The molecule has 9 nitrogen and oxygen atoms in total. The normalized spacial score (nSPS) is 13.7. The van der Waals surface area contributed by atoms with Gasteiger partial charge in [0.05, 0.1) is 27.7 Å². The molecule has 0 rings (SSSR count). The van der Waals surface area contributed by atoms with Crippen molar-refractivity contribution in [3.05, 3.63) is 48.6 Å². The Morgan fingerprint density at radius 3 is 1.19 bits per heavy atom. The van der Waals surface area contributed by atoms with Crippen LogP contribution >= 0.6 is 7.82 Å². The van der Waals surface area contributed by atoms with Crippen molar-refractivity contribution in [3.63, 3.8) is 0 Å². The lowest BCUT2D eigenvalue weighted by molar-refractivity contribution is -0.870. The summed E-state index contributed by atoms with van der Waals surface area (Å²) in [6.45, 7) is 4.41. The van der Waals surface area contributed by atoms with Crippen LogP contribution in [0.2, 0.25) is 0 Å². The second kappa shape index (κ2) is 49.0. The molecule has 0 spiro atoms. The highest BCUT2D eigenvalue weighted by Gasteiger charge is 2.27. The Hall–Kier alpha value is -2.03. The number of carbonyl (C=O) groups excluding carboxylic acids is 2. The molecule has 0 aliphatic heterocycles. The van der Waals surface area contributed by atoms with Crippen LogP contribution in [0.25, 0.3) is 0 Å². The summed E-state index contributed by atoms with van der Waals surface area (Å²) in [5, 5.41) is 0. The molecule has 0 aromatic rings. The first-order valence-corrected chi connectivity index (χ1v) is 29.4. The molecule has 0 aliphatic rings. The lowest BCUT2D eigenvalue weighted by Crippen LogP contribution is -2.37. The fourth-order valence-corrected chi connectivity index (χ4v) is 8.46. The van der Waals surface area contributed by atoms with Gasteiger partial charge in [-0.2, -0.15) is 0 Å². The number of hydrogen-bond acceptors (Lipinski definition) is 7. The number of rotatable bonds is 51. The topological polar surface area (TPSA) is 108 Å². The van der Waals surface area contributed by atoms with Crippen LogP contribution < -0.4 is 0 Å². The molecule has 0 aromatic heterocycles. The molecule has 10 heteroatoms. The highest BCUT2D eigenvalue weighted by molar-refractivity contribution is 7.47. The third-order valence-corrected chi connectivity index (χ3v) is 13.1. The van der Waals surface area contributed by atoms with Crippen LogP contribution in [-0.4, -0.2) is 74.9 Å². The van der Waals surface area contributed by atoms with Gasteiger partial charge in [0.1, 0.15) is 19.8 Å². The average molecular weight is 965 g/mol. The fraction of sp³-hybridized carbons (Fsp3) is 0.825. The maximum atomic E-state index is 12.8. The van der Waals surface area contributed by atoms with Crippen molar-refractivity contribution in [1.29, 1.82) is 0 Å². The molecule has 0 fully saturated rings. The van der Waals surface area contributed by atoms with Gasteiger partial charge < -0.3 is 18.9 Å². The van der Waals surface area contributed by atoms with Gasteiger partial charge in [-0.05, 0) is 77.0 Å². The second-order valence-electron chi connectivity index (χ2n) is 20.0. The van der Waals surface area contributed by atoms with Gasteiger partial charge in [-0.1, -0.05) is 210 Å². The van der Waals surface area contributed by atoms with E-state index < -0.39 is 26.5 Å². The van der Waals surface area contributed by atoms with Crippen molar-refractivity contribution >= 4 is 19.8 Å². The summed E-state index contributed by atoms with van der Waals surface area (Å²) in [5.74, 6) is -0.807. The monoisotopic (exact) mass is 965 g/mol. The zero-order valence-electron chi connectivity index (χ0n) is 44.4. The Balaban J connectivity index is 4.15. The molecule has 2 unspecified atom stereocenters. The number of ether oxygens (including phenoxy) is 2. The molecule has 0 heterocycles. The second-order valence-corrected chi connectivity index (χ2v) is 21.4. The average Bonchev–Trinajstić information content (AvgIpc) is 3.29. The minimum atomic E-state index is -4.39. The fourth-order valence-electron chi connectivity index (χ4n) is 7.72. The highest BCUT2D eigenvalue weighted by Crippen LogP contribution is 2.43. The molecular weight excluding hydrogens is 858 g/mol. The number of phosphoric ester groups is 1. The molecule has 0 bridgehead atoms. The van der Waals surface area contributed by atoms with Gasteiger partial charge >= 0.3 is 19.8 Å². The first kappa shape index (κ1) is 65.0. The first-order chi connectivity index (χ1) is 32.5. The van der Waals surface area contributed by atoms with Gasteiger partial charge in [-0.25, -0.2) is 4.57 Å².